The SMILES string of the molecule is CCOc1cc(C(=O)N(C)C(CC[N+](O)(CC)CC)c2cccc3cn[nH]c23)ccc1-c1cccc(Cl)c1. The maximum atomic E-state index is 13.9. The lowest BCUT2D eigenvalue weighted by atomic mass is 9.97. The Balaban J connectivity index is 1.71. The van der Waals surface area contributed by atoms with E-state index in [9.17, 15) is 10.0 Å². The average molecular weight is 536 g/mol. The third kappa shape index (κ3) is 5.85. The van der Waals surface area contributed by atoms with Crippen LogP contribution in [0, 0.1) is 0 Å². The molecular weight excluding hydrogens is 500 g/mol. The predicted molar refractivity (Wildman–Crippen MR) is 152 cm³/mol. The van der Waals surface area contributed by atoms with Crippen molar-refractivity contribution < 1.29 is 19.4 Å². The molecule has 0 fully saturated rings. The van der Waals surface area contributed by atoms with E-state index in [0.717, 1.165) is 27.6 Å². The Kier molecular flexibility index (Phi) is 8.72. The summed E-state index contributed by atoms with van der Waals surface area (Å²) in [5.74, 6) is 0.499. The number of nitrogens with one attached hydrogen (secondary N) is 1. The maximum absolute atomic E-state index is 13.9. The van der Waals surface area contributed by atoms with Gasteiger partial charge in [-0.15, -0.1) is 0 Å². The van der Waals surface area contributed by atoms with Gasteiger partial charge in [0.15, 0.2) is 0 Å². The number of hydrogen-bond donors (Lipinski definition) is 2. The highest BCUT2D eigenvalue weighted by Gasteiger charge is 2.30. The monoisotopic (exact) mass is 535 g/mol. The van der Waals surface area contributed by atoms with E-state index in [1.807, 2.05) is 82.4 Å². The Morgan fingerprint density at radius 2 is 1.87 bits per heavy atom. The summed E-state index contributed by atoms with van der Waals surface area (Å²) in [6.07, 6.45) is 2.36. The smallest absolute Gasteiger partial charge is 0.254 e. The maximum Gasteiger partial charge on any atom is 0.254 e. The van der Waals surface area contributed by atoms with E-state index < -0.39 is 0 Å². The van der Waals surface area contributed by atoms with Gasteiger partial charge in [0, 0.05) is 40.6 Å². The van der Waals surface area contributed by atoms with Gasteiger partial charge >= 0.3 is 0 Å². The lowest BCUT2D eigenvalue weighted by Crippen LogP contribution is -2.46. The van der Waals surface area contributed by atoms with E-state index in [4.69, 9.17) is 16.3 Å². The number of para-hydroxylation sites is 1. The number of amides is 1. The van der Waals surface area contributed by atoms with Crippen molar-refractivity contribution in [3.63, 3.8) is 0 Å². The summed E-state index contributed by atoms with van der Waals surface area (Å²) < 4.78 is 5.90. The lowest BCUT2D eigenvalue weighted by molar-refractivity contribution is -1.10. The highest BCUT2D eigenvalue weighted by atomic mass is 35.5. The number of carbonyl (C=O) groups excluding carboxylic acids is 1. The number of carbonyl (C=O) groups is 1. The van der Waals surface area contributed by atoms with Crippen LogP contribution >= 0.6 is 11.6 Å². The Labute approximate surface area is 229 Å². The number of fused-ring (bicyclic) bond motifs is 1. The quantitative estimate of drug-likeness (QED) is 0.165. The number of ether oxygens (including phenoxy) is 1. The van der Waals surface area contributed by atoms with E-state index >= 15 is 0 Å². The van der Waals surface area contributed by atoms with Crippen molar-refractivity contribution in [3.05, 3.63) is 83.0 Å². The van der Waals surface area contributed by atoms with Crippen molar-refractivity contribution in [2.75, 3.05) is 33.3 Å². The molecule has 1 amide bonds. The zero-order valence-electron chi connectivity index (χ0n) is 22.4. The second-order valence-corrected chi connectivity index (χ2v) is 9.94. The molecule has 0 aliphatic heterocycles. The van der Waals surface area contributed by atoms with E-state index in [2.05, 4.69) is 10.2 Å². The zero-order chi connectivity index (χ0) is 27.3. The van der Waals surface area contributed by atoms with Gasteiger partial charge in [0.2, 0.25) is 0 Å². The predicted octanol–water partition coefficient (Wildman–Crippen LogP) is 6.73. The molecule has 0 saturated carbocycles. The molecule has 3 aromatic carbocycles. The number of nitrogens with zero attached hydrogens (tertiary/aromatic N) is 3. The van der Waals surface area contributed by atoms with Gasteiger partial charge in [-0.25, -0.2) is 5.21 Å². The lowest BCUT2D eigenvalue weighted by Gasteiger charge is -2.33. The Bertz CT molecular complexity index is 1400. The van der Waals surface area contributed by atoms with Crippen molar-refractivity contribution in [1.82, 2.24) is 15.1 Å². The fourth-order valence-electron chi connectivity index (χ4n) is 4.90. The van der Waals surface area contributed by atoms with Crippen molar-refractivity contribution in [2.45, 2.75) is 33.2 Å². The normalized spacial score (nSPS) is 12.5. The van der Waals surface area contributed by atoms with Gasteiger partial charge in [0.1, 0.15) is 25.4 Å². The van der Waals surface area contributed by atoms with Crippen LogP contribution in [0.25, 0.3) is 22.0 Å². The third-order valence-electron chi connectivity index (χ3n) is 7.32. The van der Waals surface area contributed by atoms with Gasteiger partial charge in [-0.3, -0.25) is 9.89 Å². The van der Waals surface area contributed by atoms with Crippen LogP contribution < -0.4 is 4.74 Å². The summed E-state index contributed by atoms with van der Waals surface area (Å²) in [4.78, 5) is 15.7. The first-order valence-corrected chi connectivity index (χ1v) is 13.5. The Morgan fingerprint density at radius 3 is 2.58 bits per heavy atom. The van der Waals surface area contributed by atoms with E-state index in [1.165, 1.54) is 0 Å². The minimum absolute atomic E-state index is 0.0553. The second-order valence-electron chi connectivity index (χ2n) is 9.51. The molecule has 1 heterocycles. The topological polar surface area (TPSA) is 78.4 Å². The van der Waals surface area contributed by atoms with Crippen LogP contribution in [0.4, 0.5) is 0 Å². The second kappa shape index (κ2) is 12.0. The number of hydroxylamine groups is 3. The van der Waals surface area contributed by atoms with E-state index in [-0.39, 0.29) is 16.6 Å². The molecule has 1 unspecified atom stereocenters. The molecule has 1 aromatic heterocycles. The molecule has 0 bridgehead atoms. The number of hydrogen-bond acceptors (Lipinski definition) is 4. The molecule has 4 aromatic rings. The molecular formula is C30H36ClN4O3+. The summed E-state index contributed by atoms with van der Waals surface area (Å²) in [5, 5.41) is 19.9. The highest BCUT2D eigenvalue weighted by Crippen LogP contribution is 2.35. The molecule has 0 aliphatic rings. The van der Waals surface area contributed by atoms with Crippen molar-refractivity contribution in [3.8, 4) is 16.9 Å². The largest absolute Gasteiger partial charge is 0.493 e. The third-order valence-corrected chi connectivity index (χ3v) is 7.55. The van der Waals surface area contributed by atoms with Crippen LogP contribution in [-0.2, 0) is 0 Å². The minimum atomic E-state index is -0.280. The molecule has 0 aliphatic carbocycles. The summed E-state index contributed by atoms with van der Waals surface area (Å²) in [6.45, 7) is 8.03. The molecule has 0 radical (unpaired) electrons. The van der Waals surface area contributed by atoms with Crippen LogP contribution in [0.2, 0.25) is 5.02 Å². The molecule has 0 saturated heterocycles. The first-order valence-electron chi connectivity index (χ1n) is 13.1. The number of benzene rings is 3. The summed E-state index contributed by atoms with van der Waals surface area (Å²) in [5.41, 5.74) is 4.19. The van der Waals surface area contributed by atoms with Crippen LogP contribution in [0.15, 0.2) is 66.9 Å². The molecule has 38 heavy (non-hydrogen) atoms. The molecule has 7 nitrogen and oxygen atoms in total. The molecule has 0 spiro atoms. The summed E-state index contributed by atoms with van der Waals surface area (Å²) >= 11 is 6.23. The van der Waals surface area contributed by atoms with Crippen LogP contribution in [0.3, 0.4) is 0 Å². The van der Waals surface area contributed by atoms with E-state index in [0.29, 0.717) is 49.0 Å². The van der Waals surface area contributed by atoms with Gasteiger partial charge in [-0.1, -0.05) is 41.9 Å². The van der Waals surface area contributed by atoms with Gasteiger partial charge in [0.25, 0.3) is 5.91 Å². The Hall–Kier alpha value is -3.39. The Morgan fingerprint density at radius 1 is 1.11 bits per heavy atom. The zero-order valence-corrected chi connectivity index (χ0v) is 23.2. The number of aromatic amines is 1. The fourth-order valence-corrected chi connectivity index (χ4v) is 5.09. The highest BCUT2D eigenvalue weighted by molar-refractivity contribution is 6.30. The van der Waals surface area contributed by atoms with Crippen LogP contribution in [-0.4, -0.2) is 64.1 Å². The van der Waals surface area contributed by atoms with Gasteiger partial charge in [-0.05, 0) is 56.7 Å². The van der Waals surface area contributed by atoms with Gasteiger partial charge < -0.3 is 9.64 Å². The van der Waals surface area contributed by atoms with Crippen LogP contribution in [0.1, 0.15) is 49.2 Å². The van der Waals surface area contributed by atoms with Crippen molar-refractivity contribution in [2.24, 2.45) is 0 Å². The van der Waals surface area contributed by atoms with Crippen LogP contribution in [0.5, 0.6) is 5.75 Å². The average Bonchev–Trinajstić information content (AvgIpc) is 3.42. The fraction of sp³-hybridized carbons (Fsp3) is 0.333. The summed E-state index contributed by atoms with van der Waals surface area (Å²) in [7, 11) is 1.82. The first-order chi connectivity index (χ1) is 18.3. The van der Waals surface area contributed by atoms with E-state index in [1.54, 1.807) is 17.2 Å². The molecule has 200 valence electrons. The minimum Gasteiger partial charge on any atom is -0.493 e. The molecule has 4 rings (SSSR count). The number of H-pyrrole nitrogens is 1. The number of quaternary nitrogens is 1. The number of rotatable bonds is 11. The standard InChI is InChI=1S/C30H36ClN4O3/c1-5-35(37,6-2)17-16-27(26-13-9-11-23-20-32-33-29(23)26)34(4)30(36)22-14-15-25(28(19-22)38-7-3)21-10-8-12-24(31)18-21/h8-15,18-20,27,37H,5-7,16-17H2,1-4H3,(H,32,33)/q+1. The van der Waals surface area contributed by atoms with Gasteiger partial charge in [0.05, 0.1) is 24.4 Å². The molecule has 8 heteroatoms. The first kappa shape index (κ1) is 27.6. The van der Waals surface area contributed by atoms with Crippen molar-refractivity contribution >= 4 is 28.4 Å². The molecule has 1 atom stereocenters. The number of aromatic nitrogens is 2. The number of halogens is 1. The van der Waals surface area contributed by atoms with Crippen molar-refractivity contribution in [1.29, 1.82) is 0 Å². The molecule has 2 N–H and O–H groups in total. The summed E-state index contributed by atoms with van der Waals surface area (Å²) in [6, 6.07) is 18.8. The van der Waals surface area contributed by atoms with Gasteiger partial charge in [-0.2, -0.15) is 9.75 Å².